The summed E-state index contributed by atoms with van der Waals surface area (Å²) in [6, 6.07) is 18.0. The van der Waals surface area contributed by atoms with Gasteiger partial charge in [-0.25, -0.2) is 4.39 Å². The fourth-order valence-corrected chi connectivity index (χ4v) is 5.59. The smallest absolute Gasteiger partial charge is 0.254 e. The Morgan fingerprint density at radius 2 is 1.64 bits per heavy atom. The van der Waals surface area contributed by atoms with Crippen LogP contribution in [0, 0.1) is 5.82 Å². The van der Waals surface area contributed by atoms with E-state index in [1.54, 1.807) is 29.2 Å². The van der Waals surface area contributed by atoms with Crippen molar-refractivity contribution in [2.24, 2.45) is 0 Å². The molecule has 1 saturated carbocycles. The Morgan fingerprint density at radius 1 is 0.929 bits per heavy atom. The third-order valence-electron chi connectivity index (χ3n) is 8.12. The molecule has 1 aliphatic carbocycles. The van der Waals surface area contributed by atoms with Crippen molar-refractivity contribution in [1.29, 1.82) is 0 Å². The van der Waals surface area contributed by atoms with Gasteiger partial charge in [0.05, 0.1) is 13.2 Å². The first-order valence-electron chi connectivity index (χ1n) is 15.7. The van der Waals surface area contributed by atoms with Crippen LogP contribution >= 0.6 is 0 Å². The molecular formula is C35H46FN3O3. The number of carbonyl (C=O) groups excluding carboxylic acids is 2. The number of carbonyl (C=O) groups is 2. The zero-order chi connectivity index (χ0) is 29.7. The number of aromatic nitrogens is 1. The zero-order valence-electron chi connectivity index (χ0n) is 25.3. The van der Waals surface area contributed by atoms with Crippen LogP contribution in [0.25, 0.3) is 0 Å². The van der Waals surface area contributed by atoms with Crippen LogP contribution in [0.1, 0.15) is 93.3 Å². The Hall–Kier alpha value is -3.61. The van der Waals surface area contributed by atoms with Crippen molar-refractivity contribution < 1.29 is 18.7 Å². The summed E-state index contributed by atoms with van der Waals surface area (Å²) in [5, 5.41) is 0. The first kappa shape index (κ1) is 31.3. The Labute approximate surface area is 250 Å². The second kappa shape index (κ2) is 16.1. The van der Waals surface area contributed by atoms with Crippen LogP contribution in [0.15, 0.2) is 66.9 Å². The molecule has 1 heterocycles. The van der Waals surface area contributed by atoms with Gasteiger partial charge in [-0.3, -0.25) is 9.59 Å². The molecule has 4 rings (SSSR count). The van der Waals surface area contributed by atoms with E-state index in [0.29, 0.717) is 31.8 Å². The van der Waals surface area contributed by atoms with Gasteiger partial charge >= 0.3 is 0 Å². The average molecular weight is 576 g/mol. The third kappa shape index (κ3) is 8.94. The summed E-state index contributed by atoms with van der Waals surface area (Å²) in [5.41, 5.74) is 2.60. The standard InChI is InChI=1S/C35H46FN3O3/c1-3-5-22-38(35(41)29-16-20-33(21-17-29)42-24-6-4-2)27-34(40)39(31-11-8-7-9-12-31)26-32-13-10-23-37(32)25-28-14-18-30(36)19-15-28/h10,13-21,23,31H,3-9,11-12,22,24-27H2,1-2H3. The minimum atomic E-state index is -0.251. The Balaban J connectivity index is 1.50. The predicted molar refractivity (Wildman–Crippen MR) is 165 cm³/mol. The van der Waals surface area contributed by atoms with Gasteiger partial charge in [0.1, 0.15) is 18.1 Å². The van der Waals surface area contributed by atoms with Crippen LogP contribution in [-0.2, 0) is 17.9 Å². The van der Waals surface area contributed by atoms with E-state index in [1.165, 1.54) is 18.6 Å². The number of hydrogen-bond donors (Lipinski definition) is 0. The number of rotatable bonds is 15. The van der Waals surface area contributed by atoms with Gasteiger partial charge in [0.2, 0.25) is 5.91 Å². The molecule has 1 aromatic heterocycles. The van der Waals surface area contributed by atoms with Crippen molar-refractivity contribution in [3.8, 4) is 5.75 Å². The molecule has 0 radical (unpaired) electrons. The number of amides is 2. The van der Waals surface area contributed by atoms with E-state index in [0.717, 1.165) is 68.4 Å². The highest BCUT2D eigenvalue weighted by Crippen LogP contribution is 2.25. The molecule has 0 saturated heterocycles. The lowest BCUT2D eigenvalue weighted by Gasteiger charge is -2.36. The van der Waals surface area contributed by atoms with Crippen LogP contribution in [0.5, 0.6) is 5.75 Å². The summed E-state index contributed by atoms with van der Waals surface area (Å²) in [7, 11) is 0. The fourth-order valence-electron chi connectivity index (χ4n) is 5.59. The number of hydrogen-bond acceptors (Lipinski definition) is 3. The Kier molecular flexibility index (Phi) is 12.0. The van der Waals surface area contributed by atoms with Gasteiger partial charge in [-0.15, -0.1) is 0 Å². The minimum Gasteiger partial charge on any atom is -0.494 e. The van der Waals surface area contributed by atoms with Crippen molar-refractivity contribution in [2.45, 2.75) is 90.8 Å². The molecule has 1 fully saturated rings. The molecular weight excluding hydrogens is 529 g/mol. The molecule has 0 atom stereocenters. The van der Waals surface area contributed by atoms with E-state index in [9.17, 15) is 14.0 Å². The highest BCUT2D eigenvalue weighted by atomic mass is 19.1. The van der Waals surface area contributed by atoms with Crippen molar-refractivity contribution in [3.63, 3.8) is 0 Å². The van der Waals surface area contributed by atoms with E-state index in [4.69, 9.17) is 4.74 Å². The highest BCUT2D eigenvalue weighted by Gasteiger charge is 2.29. The first-order chi connectivity index (χ1) is 20.5. The topological polar surface area (TPSA) is 54.8 Å². The van der Waals surface area contributed by atoms with E-state index >= 15 is 0 Å². The second-order valence-corrected chi connectivity index (χ2v) is 11.4. The van der Waals surface area contributed by atoms with E-state index in [-0.39, 0.29) is 30.2 Å². The summed E-state index contributed by atoms with van der Waals surface area (Å²) in [6.07, 6.45) is 11.2. The fraction of sp³-hybridized carbons (Fsp3) is 0.486. The molecule has 226 valence electrons. The number of nitrogens with zero attached hydrogens (tertiary/aromatic N) is 3. The lowest BCUT2D eigenvalue weighted by atomic mass is 9.94. The number of ether oxygens (including phenoxy) is 1. The Morgan fingerprint density at radius 3 is 2.33 bits per heavy atom. The number of benzene rings is 2. The second-order valence-electron chi connectivity index (χ2n) is 11.4. The predicted octanol–water partition coefficient (Wildman–Crippen LogP) is 7.46. The van der Waals surface area contributed by atoms with Crippen molar-refractivity contribution in [2.75, 3.05) is 19.7 Å². The first-order valence-corrected chi connectivity index (χ1v) is 15.7. The van der Waals surface area contributed by atoms with E-state index in [2.05, 4.69) is 24.5 Å². The molecule has 0 bridgehead atoms. The van der Waals surface area contributed by atoms with Gasteiger partial charge in [-0.2, -0.15) is 0 Å². The summed E-state index contributed by atoms with van der Waals surface area (Å²) < 4.78 is 21.3. The van der Waals surface area contributed by atoms with Crippen LogP contribution in [-0.4, -0.2) is 51.9 Å². The molecule has 42 heavy (non-hydrogen) atoms. The van der Waals surface area contributed by atoms with Crippen molar-refractivity contribution in [1.82, 2.24) is 14.4 Å². The van der Waals surface area contributed by atoms with E-state index in [1.807, 2.05) is 29.3 Å². The number of halogens is 1. The molecule has 2 aromatic carbocycles. The maximum Gasteiger partial charge on any atom is 0.254 e. The normalized spacial score (nSPS) is 13.6. The minimum absolute atomic E-state index is 0.0135. The maximum absolute atomic E-state index is 14.0. The summed E-state index contributed by atoms with van der Waals surface area (Å²) >= 11 is 0. The van der Waals surface area contributed by atoms with Gasteiger partial charge in [0, 0.05) is 36.6 Å². The van der Waals surface area contributed by atoms with Crippen LogP contribution < -0.4 is 4.74 Å². The summed E-state index contributed by atoms with van der Waals surface area (Å²) in [6.45, 7) is 6.56. The van der Waals surface area contributed by atoms with Gasteiger partial charge < -0.3 is 19.1 Å². The SMILES string of the molecule is CCCCOc1ccc(C(=O)N(CCCC)CC(=O)N(Cc2cccn2Cc2ccc(F)cc2)C2CCCCC2)cc1. The van der Waals surface area contributed by atoms with Crippen LogP contribution in [0.4, 0.5) is 4.39 Å². The lowest BCUT2D eigenvalue weighted by molar-refractivity contribution is -0.135. The molecule has 2 amide bonds. The molecule has 7 heteroatoms. The number of unbranched alkanes of at least 4 members (excludes halogenated alkanes) is 2. The monoisotopic (exact) mass is 575 g/mol. The lowest BCUT2D eigenvalue weighted by Crippen LogP contribution is -2.47. The molecule has 6 nitrogen and oxygen atoms in total. The molecule has 1 aliphatic rings. The largest absolute Gasteiger partial charge is 0.494 e. The van der Waals surface area contributed by atoms with Crippen LogP contribution in [0.2, 0.25) is 0 Å². The maximum atomic E-state index is 14.0. The summed E-state index contributed by atoms with van der Waals surface area (Å²) in [5.74, 6) is 0.364. The molecule has 0 spiro atoms. The molecule has 0 aliphatic heterocycles. The average Bonchev–Trinajstić information content (AvgIpc) is 3.46. The quantitative estimate of drug-likeness (QED) is 0.177. The molecule has 3 aromatic rings. The molecule has 0 unspecified atom stereocenters. The van der Waals surface area contributed by atoms with Crippen molar-refractivity contribution in [3.05, 3.63) is 89.5 Å². The van der Waals surface area contributed by atoms with Crippen LogP contribution in [0.3, 0.4) is 0 Å². The van der Waals surface area contributed by atoms with Gasteiger partial charge in [-0.05, 0) is 79.8 Å². The highest BCUT2D eigenvalue weighted by molar-refractivity contribution is 5.96. The van der Waals surface area contributed by atoms with Gasteiger partial charge in [0.15, 0.2) is 0 Å². The zero-order valence-corrected chi connectivity index (χ0v) is 25.3. The summed E-state index contributed by atoms with van der Waals surface area (Å²) in [4.78, 5) is 31.4. The third-order valence-corrected chi connectivity index (χ3v) is 8.12. The van der Waals surface area contributed by atoms with Gasteiger partial charge in [0.25, 0.3) is 5.91 Å². The molecule has 0 N–H and O–H groups in total. The van der Waals surface area contributed by atoms with Gasteiger partial charge in [-0.1, -0.05) is 58.1 Å². The van der Waals surface area contributed by atoms with Crippen molar-refractivity contribution >= 4 is 11.8 Å². The Bertz CT molecular complexity index is 1250. The van der Waals surface area contributed by atoms with E-state index < -0.39 is 0 Å².